The van der Waals surface area contributed by atoms with Crippen molar-refractivity contribution in [3.05, 3.63) is 5.38 Å². The van der Waals surface area contributed by atoms with Crippen molar-refractivity contribution in [3.63, 3.8) is 0 Å². The molecule has 0 unspecified atom stereocenters. The molecule has 0 N–H and O–H groups in total. The fourth-order valence-electron chi connectivity index (χ4n) is 0.408. The maximum atomic E-state index is 5.55. The molecule has 0 amide bonds. The number of halogens is 3. The zero-order chi connectivity index (χ0) is 5.49. The van der Waals surface area contributed by atoms with Crippen molar-refractivity contribution in [2.45, 2.75) is 17.2 Å². The Morgan fingerprint density at radius 1 is 1.43 bits per heavy atom. The summed E-state index contributed by atoms with van der Waals surface area (Å²) in [5, 5.41) is 0.677. The van der Waals surface area contributed by atoms with Crippen molar-refractivity contribution >= 4 is 34.8 Å². The highest BCUT2D eigenvalue weighted by Crippen LogP contribution is 2.51. The summed E-state index contributed by atoms with van der Waals surface area (Å²) in [5.41, 5.74) is 0. The lowest BCUT2D eigenvalue weighted by Crippen LogP contribution is -2.30. The Balaban J connectivity index is 2.43. The SMILES string of the molecule is Cl[C]1CCC1(Cl)Cl. The molecule has 41 valence electrons. The Kier molecular flexibility index (Phi) is 1.44. The van der Waals surface area contributed by atoms with Crippen molar-refractivity contribution in [1.82, 2.24) is 0 Å². The van der Waals surface area contributed by atoms with Gasteiger partial charge in [-0.25, -0.2) is 0 Å². The van der Waals surface area contributed by atoms with Gasteiger partial charge >= 0.3 is 0 Å². The predicted octanol–water partition coefficient (Wildman–Crippen LogP) is 2.72. The van der Waals surface area contributed by atoms with E-state index >= 15 is 0 Å². The molecule has 0 aromatic heterocycles. The second-order valence-corrected chi connectivity index (χ2v) is 3.55. The lowest BCUT2D eigenvalue weighted by molar-refractivity contribution is 0.579. The van der Waals surface area contributed by atoms with Crippen molar-refractivity contribution in [1.29, 1.82) is 0 Å². The van der Waals surface area contributed by atoms with Gasteiger partial charge in [-0.3, -0.25) is 0 Å². The minimum absolute atomic E-state index is 0.677. The van der Waals surface area contributed by atoms with Crippen LogP contribution in [0.15, 0.2) is 0 Å². The first-order valence-electron chi connectivity index (χ1n) is 2.02. The number of hydrogen-bond acceptors (Lipinski definition) is 0. The van der Waals surface area contributed by atoms with Crippen molar-refractivity contribution in [2.75, 3.05) is 0 Å². The van der Waals surface area contributed by atoms with Crippen LogP contribution < -0.4 is 0 Å². The Morgan fingerprint density at radius 2 is 1.86 bits per heavy atom. The third-order valence-corrected chi connectivity index (χ3v) is 2.59. The van der Waals surface area contributed by atoms with Gasteiger partial charge in [-0.2, -0.15) is 0 Å². The molecule has 1 aliphatic carbocycles. The third kappa shape index (κ3) is 0.984. The second kappa shape index (κ2) is 1.68. The summed E-state index contributed by atoms with van der Waals surface area (Å²) in [6.45, 7) is 0. The Labute approximate surface area is 57.7 Å². The van der Waals surface area contributed by atoms with Crippen molar-refractivity contribution in [2.24, 2.45) is 0 Å². The van der Waals surface area contributed by atoms with Gasteiger partial charge in [0.1, 0.15) is 4.33 Å². The molecule has 3 heteroatoms. The predicted molar refractivity (Wildman–Crippen MR) is 32.8 cm³/mol. The molecule has 0 heterocycles. The van der Waals surface area contributed by atoms with Crippen LogP contribution in [0.1, 0.15) is 12.8 Å². The third-order valence-electron chi connectivity index (χ3n) is 1.06. The molecule has 0 spiro atoms. The molecule has 0 aliphatic heterocycles. The zero-order valence-corrected chi connectivity index (χ0v) is 5.82. The Hall–Kier alpha value is 0.870. The molecule has 0 atom stereocenters. The van der Waals surface area contributed by atoms with Gasteiger partial charge in [0.05, 0.1) is 5.38 Å². The summed E-state index contributed by atoms with van der Waals surface area (Å²) in [5.74, 6) is 0. The average Bonchev–Trinajstić information content (AvgIpc) is 1.63. The van der Waals surface area contributed by atoms with E-state index in [0.717, 1.165) is 12.8 Å². The van der Waals surface area contributed by atoms with E-state index in [9.17, 15) is 0 Å². The topological polar surface area (TPSA) is 0 Å². The van der Waals surface area contributed by atoms with Crippen LogP contribution >= 0.6 is 34.8 Å². The summed E-state index contributed by atoms with van der Waals surface area (Å²) in [6, 6.07) is 0. The largest absolute Gasteiger partial charge is 0.139 e. The second-order valence-electron chi connectivity index (χ2n) is 1.61. The van der Waals surface area contributed by atoms with Gasteiger partial charge in [-0.15, -0.1) is 11.6 Å². The number of rotatable bonds is 0. The normalized spacial score (nSPS) is 29.6. The van der Waals surface area contributed by atoms with E-state index < -0.39 is 4.33 Å². The lowest BCUT2D eigenvalue weighted by atomic mass is 9.98. The fourth-order valence-corrected chi connectivity index (χ4v) is 0.975. The van der Waals surface area contributed by atoms with Crippen LogP contribution in [0, 0.1) is 5.38 Å². The first kappa shape index (κ1) is 6.00. The standard InChI is InChI=1S/C4H4Cl3/c5-3-1-2-4(3,6)7/h1-2H2. The molecule has 0 aromatic carbocycles. The number of hydrogen-bond donors (Lipinski definition) is 0. The van der Waals surface area contributed by atoms with E-state index in [-0.39, 0.29) is 0 Å². The minimum atomic E-state index is -0.693. The molecule has 1 radical (unpaired) electrons. The molecule has 1 aliphatic rings. The summed E-state index contributed by atoms with van der Waals surface area (Å²) >= 11 is 16.6. The van der Waals surface area contributed by atoms with Crippen molar-refractivity contribution < 1.29 is 0 Å². The van der Waals surface area contributed by atoms with Crippen molar-refractivity contribution in [3.8, 4) is 0 Å². The van der Waals surface area contributed by atoms with Crippen LogP contribution in [0.25, 0.3) is 0 Å². The first-order chi connectivity index (χ1) is 3.13. The summed E-state index contributed by atoms with van der Waals surface area (Å²) in [7, 11) is 0. The van der Waals surface area contributed by atoms with E-state index in [1.54, 1.807) is 0 Å². The summed E-state index contributed by atoms with van der Waals surface area (Å²) < 4.78 is -0.693. The molecule has 7 heavy (non-hydrogen) atoms. The van der Waals surface area contributed by atoms with Crippen LogP contribution in [-0.2, 0) is 0 Å². The molecule has 0 saturated heterocycles. The van der Waals surface area contributed by atoms with Crippen LogP contribution in [-0.4, -0.2) is 4.33 Å². The maximum Gasteiger partial charge on any atom is 0.139 e. The molecule has 1 fully saturated rings. The first-order valence-corrected chi connectivity index (χ1v) is 3.16. The van der Waals surface area contributed by atoms with Gasteiger partial charge in [0.15, 0.2) is 0 Å². The quantitative estimate of drug-likeness (QED) is 0.476. The highest BCUT2D eigenvalue weighted by molar-refractivity contribution is 6.56. The van der Waals surface area contributed by atoms with Gasteiger partial charge in [0.25, 0.3) is 0 Å². The van der Waals surface area contributed by atoms with Gasteiger partial charge in [0, 0.05) is 0 Å². The Morgan fingerprint density at radius 3 is 1.86 bits per heavy atom. The fraction of sp³-hybridized carbons (Fsp3) is 0.750. The van der Waals surface area contributed by atoms with E-state index in [2.05, 4.69) is 0 Å². The van der Waals surface area contributed by atoms with Gasteiger partial charge in [-0.1, -0.05) is 23.2 Å². The molecular weight excluding hydrogens is 154 g/mol. The van der Waals surface area contributed by atoms with E-state index in [1.165, 1.54) is 0 Å². The van der Waals surface area contributed by atoms with Crippen LogP contribution in [0.4, 0.5) is 0 Å². The monoisotopic (exact) mass is 157 g/mol. The van der Waals surface area contributed by atoms with Gasteiger partial charge < -0.3 is 0 Å². The highest BCUT2D eigenvalue weighted by atomic mass is 35.5. The van der Waals surface area contributed by atoms with Crippen LogP contribution in [0.5, 0.6) is 0 Å². The zero-order valence-electron chi connectivity index (χ0n) is 3.55. The lowest BCUT2D eigenvalue weighted by Gasteiger charge is -2.33. The average molecular weight is 158 g/mol. The van der Waals surface area contributed by atoms with E-state index in [1.807, 2.05) is 0 Å². The summed E-state index contributed by atoms with van der Waals surface area (Å²) in [4.78, 5) is 0. The van der Waals surface area contributed by atoms with Crippen LogP contribution in [0.2, 0.25) is 0 Å². The summed E-state index contributed by atoms with van der Waals surface area (Å²) in [6.07, 6.45) is 1.67. The van der Waals surface area contributed by atoms with Gasteiger partial charge in [-0.05, 0) is 12.8 Å². The molecule has 1 saturated carbocycles. The highest BCUT2D eigenvalue weighted by Gasteiger charge is 2.43. The molecule has 0 bridgehead atoms. The van der Waals surface area contributed by atoms with Crippen LogP contribution in [0.3, 0.4) is 0 Å². The Bertz CT molecular complexity index is 79.0. The van der Waals surface area contributed by atoms with E-state index in [0.29, 0.717) is 5.38 Å². The van der Waals surface area contributed by atoms with E-state index in [4.69, 9.17) is 34.8 Å². The molecule has 0 nitrogen and oxygen atoms in total. The number of alkyl halides is 2. The van der Waals surface area contributed by atoms with Gasteiger partial charge in [0.2, 0.25) is 0 Å². The minimum Gasteiger partial charge on any atom is -0.114 e. The molecule has 0 aromatic rings. The maximum absolute atomic E-state index is 5.55. The smallest absolute Gasteiger partial charge is 0.114 e. The molecular formula is C4H4Cl3. The molecule has 1 rings (SSSR count).